The molecule has 4 rings (SSSR count). The van der Waals surface area contributed by atoms with Gasteiger partial charge in [-0.05, 0) is 42.5 Å². The van der Waals surface area contributed by atoms with E-state index in [1.807, 2.05) is 18.2 Å². The molecule has 0 amide bonds. The van der Waals surface area contributed by atoms with E-state index in [4.69, 9.17) is 4.74 Å². The number of alkyl halides is 3. The molecule has 0 radical (unpaired) electrons. The maximum atomic E-state index is 12.9. The lowest BCUT2D eigenvalue weighted by Crippen LogP contribution is -2.36. The number of fused-ring (bicyclic) bond motifs is 1. The van der Waals surface area contributed by atoms with Crippen LogP contribution in [-0.4, -0.2) is 31.3 Å². The topological polar surface area (TPSA) is 37.4 Å². The first-order valence-electron chi connectivity index (χ1n) is 8.66. The Hall–Kier alpha value is -2.80. The van der Waals surface area contributed by atoms with Gasteiger partial charge in [-0.15, -0.1) is 0 Å². The number of rotatable bonds is 3. The van der Waals surface area contributed by atoms with Crippen LogP contribution in [0.25, 0.3) is 10.9 Å². The highest BCUT2D eigenvalue weighted by molar-refractivity contribution is 5.94. The van der Waals surface area contributed by atoms with Crippen LogP contribution >= 0.6 is 0 Å². The van der Waals surface area contributed by atoms with Crippen molar-refractivity contribution in [2.75, 3.05) is 36.5 Å². The fraction of sp³-hybridized carbons (Fsp3) is 0.250. The summed E-state index contributed by atoms with van der Waals surface area (Å²) in [4.78, 5) is 6.65. The molecule has 27 heavy (non-hydrogen) atoms. The normalized spacial score (nSPS) is 15.1. The van der Waals surface area contributed by atoms with E-state index in [0.29, 0.717) is 24.6 Å². The molecule has 1 aromatic heterocycles. The summed E-state index contributed by atoms with van der Waals surface area (Å²) >= 11 is 0. The lowest BCUT2D eigenvalue weighted by atomic mass is 10.1. The number of hydrogen-bond donors (Lipinski definition) is 1. The van der Waals surface area contributed by atoms with E-state index in [1.165, 1.54) is 6.07 Å². The van der Waals surface area contributed by atoms with Gasteiger partial charge in [-0.2, -0.15) is 13.2 Å². The largest absolute Gasteiger partial charge is 0.416 e. The molecule has 2 aromatic carbocycles. The smallest absolute Gasteiger partial charge is 0.378 e. The van der Waals surface area contributed by atoms with Crippen molar-refractivity contribution in [1.29, 1.82) is 0 Å². The van der Waals surface area contributed by atoms with Gasteiger partial charge in [0.25, 0.3) is 0 Å². The van der Waals surface area contributed by atoms with Crippen molar-refractivity contribution < 1.29 is 17.9 Å². The van der Waals surface area contributed by atoms with Crippen molar-refractivity contribution >= 4 is 28.0 Å². The van der Waals surface area contributed by atoms with Crippen LogP contribution in [0.15, 0.2) is 54.7 Å². The number of nitrogens with one attached hydrogen (secondary N) is 1. The molecular formula is C20H18F3N3O. The van der Waals surface area contributed by atoms with Gasteiger partial charge in [-0.3, -0.25) is 4.98 Å². The number of morpholine rings is 1. The second kappa shape index (κ2) is 7.08. The third-order valence-corrected chi connectivity index (χ3v) is 4.57. The predicted molar refractivity (Wildman–Crippen MR) is 99.5 cm³/mol. The van der Waals surface area contributed by atoms with Crippen LogP contribution in [0.1, 0.15) is 5.56 Å². The number of benzene rings is 2. The third-order valence-electron chi connectivity index (χ3n) is 4.57. The Labute approximate surface area is 154 Å². The summed E-state index contributed by atoms with van der Waals surface area (Å²) in [6.45, 7) is 3.05. The molecule has 0 aliphatic carbocycles. The van der Waals surface area contributed by atoms with Crippen LogP contribution < -0.4 is 10.2 Å². The van der Waals surface area contributed by atoms with E-state index in [1.54, 1.807) is 18.3 Å². The molecule has 0 bridgehead atoms. The number of hydrogen-bond acceptors (Lipinski definition) is 4. The van der Waals surface area contributed by atoms with Crippen LogP contribution in [0.2, 0.25) is 0 Å². The molecule has 2 heterocycles. The number of ether oxygens (including phenoxy) is 1. The molecule has 0 atom stereocenters. The Morgan fingerprint density at radius 1 is 1.00 bits per heavy atom. The molecule has 140 valence electrons. The molecular weight excluding hydrogens is 355 g/mol. The van der Waals surface area contributed by atoms with Gasteiger partial charge in [-0.1, -0.05) is 6.07 Å². The lowest BCUT2D eigenvalue weighted by molar-refractivity contribution is -0.137. The summed E-state index contributed by atoms with van der Waals surface area (Å²) in [5.74, 6) is 0. The summed E-state index contributed by atoms with van der Waals surface area (Å²) in [6, 6.07) is 12.9. The Morgan fingerprint density at radius 3 is 2.59 bits per heavy atom. The van der Waals surface area contributed by atoms with Crippen molar-refractivity contribution in [2.45, 2.75) is 6.18 Å². The Kier molecular flexibility index (Phi) is 4.61. The average molecular weight is 373 g/mol. The second-order valence-corrected chi connectivity index (χ2v) is 6.36. The zero-order valence-electron chi connectivity index (χ0n) is 14.5. The van der Waals surface area contributed by atoms with E-state index in [2.05, 4.69) is 15.2 Å². The molecule has 4 nitrogen and oxygen atoms in total. The second-order valence-electron chi connectivity index (χ2n) is 6.36. The van der Waals surface area contributed by atoms with Gasteiger partial charge >= 0.3 is 6.18 Å². The highest BCUT2D eigenvalue weighted by Gasteiger charge is 2.30. The molecule has 0 spiro atoms. The van der Waals surface area contributed by atoms with Gasteiger partial charge in [0.1, 0.15) is 0 Å². The van der Waals surface area contributed by atoms with Crippen LogP contribution in [0.3, 0.4) is 0 Å². The van der Waals surface area contributed by atoms with Crippen molar-refractivity contribution in [1.82, 2.24) is 4.98 Å². The number of nitrogens with zero attached hydrogens (tertiary/aromatic N) is 2. The lowest BCUT2D eigenvalue weighted by Gasteiger charge is -2.29. The summed E-state index contributed by atoms with van der Waals surface area (Å²) in [7, 11) is 0. The first kappa shape index (κ1) is 17.6. The molecule has 0 saturated carbocycles. The Morgan fingerprint density at radius 2 is 1.81 bits per heavy atom. The SMILES string of the molecule is FC(F)(F)c1cccc(Nc2ccnc3cc(N4CCOCC4)ccc23)c1. The van der Waals surface area contributed by atoms with Gasteiger partial charge in [0, 0.05) is 41.7 Å². The van der Waals surface area contributed by atoms with E-state index < -0.39 is 11.7 Å². The van der Waals surface area contributed by atoms with Gasteiger partial charge in [-0.25, -0.2) is 0 Å². The zero-order chi connectivity index (χ0) is 18.9. The number of anilines is 3. The Balaban J connectivity index is 1.64. The molecule has 1 aliphatic rings. The minimum absolute atomic E-state index is 0.384. The summed E-state index contributed by atoms with van der Waals surface area (Å²) in [6.07, 6.45) is -2.72. The maximum absolute atomic E-state index is 12.9. The van der Waals surface area contributed by atoms with Crippen LogP contribution in [0, 0.1) is 0 Å². The minimum Gasteiger partial charge on any atom is -0.378 e. The molecule has 0 unspecified atom stereocenters. The fourth-order valence-corrected chi connectivity index (χ4v) is 3.19. The van der Waals surface area contributed by atoms with Crippen molar-refractivity contribution in [3.63, 3.8) is 0 Å². The van der Waals surface area contributed by atoms with E-state index in [0.717, 1.165) is 41.8 Å². The number of halogens is 3. The molecule has 7 heteroatoms. The standard InChI is InChI=1S/C20H18F3N3O/c21-20(22,23)14-2-1-3-15(12-14)25-18-6-7-24-19-13-16(4-5-17(18)19)26-8-10-27-11-9-26/h1-7,12-13H,8-11H2,(H,24,25). The van der Waals surface area contributed by atoms with Gasteiger partial charge < -0.3 is 15.0 Å². The van der Waals surface area contributed by atoms with Gasteiger partial charge in [0.2, 0.25) is 0 Å². The first-order chi connectivity index (χ1) is 13.0. The number of aromatic nitrogens is 1. The van der Waals surface area contributed by atoms with Crippen LogP contribution in [-0.2, 0) is 10.9 Å². The first-order valence-corrected chi connectivity index (χ1v) is 8.66. The zero-order valence-corrected chi connectivity index (χ0v) is 14.5. The Bertz CT molecular complexity index is 953. The maximum Gasteiger partial charge on any atom is 0.416 e. The van der Waals surface area contributed by atoms with Crippen LogP contribution in [0.4, 0.5) is 30.2 Å². The highest BCUT2D eigenvalue weighted by atomic mass is 19.4. The number of pyridine rings is 1. The quantitative estimate of drug-likeness (QED) is 0.713. The summed E-state index contributed by atoms with van der Waals surface area (Å²) in [5.41, 5.74) is 2.27. The van der Waals surface area contributed by atoms with Crippen molar-refractivity contribution in [2.24, 2.45) is 0 Å². The third kappa shape index (κ3) is 3.83. The predicted octanol–water partition coefficient (Wildman–Crippen LogP) is 4.83. The summed E-state index contributed by atoms with van der Waals surface area (Å²) < 4.78 is 44.2. The van der Waals surface area contributed by atoms with Gasteiger partial charge in [0.05, 0.1) is 24.3 Å². The molecule has 3 aromatic rings. The van der Waals surface area contributed by atoms with Gasteiger partial charge in [0.15, 0.2) is 0 Å². The minimum atomic E-state index is -4.37. The van der Waals surface area contributed by atoms with E-state index in [9.17, 15) is 13.2 Å². The van der Waals surface area contributed by atoms with Crippen molar-refractivity contribution in [3.05, 3.63) is 60.3 Å². The van der Waals surface area contributed by atoms with E-state index >= 15 is 0 Å². The molecule has 1 fully saturated rings. The average Bonchev–Trinajstić information content (AvgIpc) is 2.68. The van der Waals surface area contributed by atoms with E-state index in [-0.39, 0.29) is 0 Å². The monoisotopic (exact) mass is 373 g/mol. The highest BCUT2D eigenvalue weighted by Crippen LogP contribution is 2.33. The molecule has 1 aliphatic heterocycles. The summed E-state index contributed by atoms with van der Waals surface area (Å²) in [5, 5.41) is 3.94. The molecule has 1 N–H and O–H groups in total. The fourth-order valence-electron chi connectivity index (χ4n) is 3.19. The molecule has 1 saturated heterocycles. The van der Waals surface area contributed by atoms with Crippen molar-refractivity contribution in [3.8, 4) is 0 Å². The van der Waals surface area contributed by atoms with Crippen LogP contribution in [0.5, 0.6) is 0 Å².